The van der Waals surface area contributed by atoms with Crippen molar-refractivity contribution in [1.82, 2.24) is 9.78 Å². The first-order valence-electron chi connectivity index (χ1n) is 7.15. The predicted molar refractivity (Wildman–Crippen MR) is 77.0 cm³/mol. The Labute approximate surface area is 123 Å². The molecule has 1 heterocycles. The van der Waals surface area contributed by atoms with Crippen LogP contribution in [0.3, 0.4) is 0 Å². The van der Waals surface area contributed by atoms with Crippen LogP contribution in [0.5, 0.6) is 0 Å². The topological polar surface area (TPSA) is 38.0 Å². The number of halogens is 2. The van der Waals surface area contributed by atoms with Gasteiger partial charge in [-0.3, -0.25) is 4.68 Å². The minimum atomic E-state index is -0.716. The number of hydrogen-bond donors (Lipinski definition) is 1. The molecule has 0 amide bonds. The highest BCUT2D eigenvalue weighted by molar-refractivity contribution is 5.19. The third-order valence-corrected chi connectivity index (χ3v) is 3.54. The maximum atomic E-state index is 13.1. The van der Waals surface area contributed by atoms with Gasteiger partial charge in [-0.1, -0.05) is 6.92 Å². The fourth-order valence-corrected chi connectivity index (χ4v) is 2.23. The summed E-state index contributed by atoms with van der Waals surface area (Å²) in [4.78, 5) is 0. The summed E-state index contributed by atoms with van der Waals surface area (Å²) >= 11 is 0. The average molecular weight is 294 g/mol. The fourth-order valence-electron chi connectivity index (χ4n) is 2.23. The lowest BCUT2D eigenvalue weighted by atomic mass is 10.0. The van der Waals surface area contributed by atoms with Gasteiger partial charge in [0.2, 0.25) is 0 Å². The van der Waals surface area contributed by atoms with Crippen LogP contribution < -0.4 is 0 Å². The minimum absolute atomic E-state index is 0.199. The Bertz CT molecular complexity index is 577. The van der Waals surface area contributed by atoms with E-state index in [4.69, 9.17) is 0 Å². The summed E-state index contributed by atoms with van der Waals surface area (Å²) in [5.41, 5.74) is 1.22. The van der Waals surface area contributed by atoms with Crippen molar-refractivity contribution < 1.29 is 13.9 Å². The van der Waals surface area contributed by atoms with Crippen molar-refractivity contribution in [3.8, 4) is 0 Å². The van der Waals surface area contributed by atoms with Crippen LogP contribution in [0.4, 0.5) is 8.78 Å². The average Bonchev–Trinajstić information content (AvgIpc) is 2.84. The quantitative estimate of drug-likeness (QED) is 0.888. The third-order valence-electron chi connectivity index (χ3n) is 3.54. The zero-order valence-corrected chi connectivity index (χ0v) is 12.3. The molecule has 0 bridgehead atoms. The van der Waals surface area contributed by atoms with Gasteiger partial charge in [0.1, 0.15) is 11.6 Å². The number of aromatic nitrogens is 2. The summed E-state index contributed by atoms with van der Waals surface area (Å²) in [7, 11) is 0. The smallest absolute Gasteiger partial charge is 0.126 e. The number of aliphatic hydroxyl groups is 1. The van der Waals surface area contributed by atoms with Crippen LogP contribution in [0.25, 0.3) is 0 Å². The monoisotopic (exact) mass is 294 g/mol. The summed E-state index contributed by atoms with van der Waals surface area (Å²) in [6.45, 7) is 4.15. The Hall–Kier alpha value is -1.75. The molecule has 0 fully saturated rings. The normalized spacial score (nSPS) is 14.1. The summed E-state index contributed by atoms with van der Waals surface area (Å²) < 4.78 is 28.1. The van der Waals surface area contributed by atoms with Crippen LogP contribution in [0.15, 0.2) is 30.5 Å². The maximum Gasteiger partial charge on any atom is 0.126 e. The van der Waals surface area contributed by atoms with E-state index < -0.39 is 17.7 Å². The SMILES string of the molecule is CCC(C)n1ccc(CC(O)Cc2cc(F)cc(F)c2)n1. The van der Waals surface area contributed by atoms with Crippen LogP contribution >= 0.6 is 0 Å². The van der Waals surface area contributed by atoms with Gasteiger partial charge in [0.15, 0.2) is 0 Å². The standard InChI is InChI=1S/C16H20F2N2O/c1-3-11(2)20-5-4-15(19-20)10-16(21)8-12-6-13(17)9-14(18)7-12/h4-7,9,11,16,21H,3,8,10H2,1-2H3. The molecule has 0 saturated carbocycles. The van der Waals surface area contributed by atoms with Gasteiger partial charge >= 0.3 is 0 Å². The Kier molecular flexibility index (Phi) is 5.07. The number of aliphatic hydroxyl groups excluding tert-OH is 1. The van der Waals surface area contributed by atoms with Crippen molar-refractivity contribution in [1.29, 1.82) is 0 Å². The van der Waals surface area contributed by atoms with Crippen molar-refractivity contribution in [2.75, 3.05) is 0 Å². The van der Waals surface area contributed by atoms with Gasteiger partial charge in [-0.15, -0.1) is 0 Å². The Morgan fingerprint density at radius 2 is 1.86 bits per heavy atom. The zero-order valence-electron chi connectivity index (χ0n) is 12.3. The second-order valence-electron chi connectivity index (χ2n) is 5.38. The summed E-state index contributed by atoms with van der Waals surface area (Å²) in [6.07, 6.45) is 2.71. The van der Waals surface area contributed by atoms with Gasteiger partial charge in [0.05, 0.1) is 11.8 Å². The van der Waals surface area contributed by atoms with Gasteiger partial charge in [0, 0.05) is 24.7 Å². The molecule has 114 valence electrons. The molecule has 1 N–H and O–H groups in total. The molecule has 2 aromatic rings. The van der Waals surface area contributed by atoms with E-state index in [1.54, 1.807) is 0 Å². The molecular formula is C16H20F2N2O. The molecule has 5 heteroatoms. The number of benzene rings is 1. The van der Waals surface area contributed by atoms with Gasteiger partial charge in [-0.05, 0) is 43.5 Å². The van der Waals surface area contributed by atoms with E-state index in [2.05, 4.69) is 18.9 Å². The van der Waals surface area contributed by atoms with Crippen molar-refractivity contribution >= 4 is 0 Å². The molecule has 0 aliphatic carbocycles. The maximum absolute atomic E-state index is 13.1. The Morgan fingerprint density at radius 1 is 1.19 bits per heavy atom. The third kappa shape index (κ3) is 4.36. The largest absolute Gasteiger partial charge is 0.392 e. The molecule has 0 spiro atoms. The molecule has 2 unspecified atom stereocenters. The van der Waals surface area contributed by atoms with Crippen LogP contribution in [0, 0.1) is 11.6 Å². The van der Waals surface area contributed by atoms with Crippen LogP contribution in [-0.4, -0.2) is 21.0 Å². The first-order chi connectivity index (χ1) is 9.97. The highest BCUT2D eigenvalue weighted by Crippen LogP contribution is 2.14. The Balaban J connectivity index is 1.98. The highest BCUT2D eigenvalue weighted by atomic mass is 19.1. The summed E-state index contributed by atoms with van der Waals surface area (Å²) in [5, 5.41) is 14.5. The summed E-state index contributed by atoms with van der Waals surface area (Å²) in [6, 6.07) is 5.48. The molecule has 21 heavy (non-hydrogen) atoms. The Morgan fingerprint density at radius 3 is 2.48 bits per heavy atom. The molecular weight excluding hydrogens is 274 g/mol. The van der Waals surface area contributed by atoms with E-state index in [1.165, 1.54) is 12.1 Å². The number of rotatable bonds is 6. The molecule has 1 aromatic carbocycles. The van der Waals surface area contributed by atoms with Crippen LogP contribution in [-0.2, 0) is 12.8 Å². The first-order valence-corrected chi connectivity index (χ1v) is 7.15. The van der Waals surface area contributed by atoms with E-state index in [1.807, 2.05) is 16.9 Å². The zero-order chi connectivity index (χ0) is 15.4. The molecule has 0 aliphatic rings. The molecule has 0 radical (unpaired) electrons. The van der Waals surface area contributed by atoms with Crippen molar-refractivity contribution in [3.63, 3.8) is 0 Å². The van der Waals surface area contributed by atoms with Crippen molar-refractivity contribution in [2.24, 2.45) is 0 Å². The molecule has 0 aliphatic heterocycles. The second-order valence-corrected chi connectivity index (χ2v) is 5.38. The molecule has 3 nitrogen and oxygen atoms in total. The summed E-state index contributed by atoms with van der Waals surface area (Å²) in [5.74, 6) is -1.25. The van der Waals surface area contributed by atoms with E-state index in [-0.39, 0.29) is 6.42 Å². The molecule has 1 aromatic heterocycles. The van der Waals surface area contributed by atoms with Gasteiger partial charge in [-0.2, -0.15) is 5.10 Å². The predicted octanol–water partition coefficient (Wildman–Crippen LogP) is 3.28. The number of nitrogens with zero attached hydrogens (tertiary/aromatic N) is 2. The van der Waals surface area contributed by atoms with E-state index in [0.717, 1.165) is 18.2 Å². The fraction of sp³-hybridized carbons (Fsp3) is 0.438. The van der Waals surface area contributed by atoms with E-state index >= 15 is 0 Å². The van der Waals surface area contributed by atoms with E-state index in [0.29, 0.717) is 18.0 Å². The molecule has 0 saturated heterocycles. The van der Waals surface area contributed by atoms with Crippen molar-refractivity contribution in [3.05, 3.63) is 53.4 Å². The second kappa shape index (κ2) is 6.80. The first kappa shape index (κ1) is 15.6. The van der Waals surface area contributed by atoms with Crippen LogP contribution in [0.1, 0.15) is 37.6 Å². The lowest BCUT2D eigenvalue weighted by Gasteiger charge is -2.10. The van der Waals surface area contributed by atoms with Gasteiger partial charge < -0.3 is 5.11 Å². The molecule has 2 rings (SSSR count). The highest BCUT2D eigenvalue weighted by Gasteiger charge is 2.12. The molecule has 2 atom stereocenters. The lowest BCUT2D eigenvalue weighted by molar-refractivity contribution is 0.173. The van der Waals surface area contributed by atoms with Crippen molar-refractivity contribution in [2.45, 2.75) is 45.3 Å². The lowest BCUT2D eigenvalue weighted by Crippen LogP contribution is -2.15. The minimum Gasteiger partial charge on any atom is -0.392 e. The van der Waals surface area contributed by atoms with Gasteiger partial charge in [-0.25, -0.2) is 8.78 Å². The van der Waals surface area contributed by atoms with E-state index in [9.17, 15) is 13.9 Å². The van der Waals surface area contributed by atoms with Crippen LogP contribution in [0.2, 0.25) is 0 Å². The number of hydrogen-bond acceptors (Lipinski definition) is 2. The van der Waals surface area contributed by atoms with Gasteiger partial charge in [0.25, 0.3) is 0 Å².